The van der Waals surface area contributed by atoms with E-state index in [0.717, 1.165) is 14.2 Å². The average molecular weight is 226 g/mol. The topological polar surface area (TPSA) is 0 Å². The molecule has 2 heteroatoms. The predicted octanol–water partition coefficient (Wildman–Crippen LogP) is 1.59. The SMILES string of the molecule is CC(C)=C1C=C[C-]=C1PC1CCCCC1.[Li+]. The molecule has 2 aliphatic carbocycles. The zero-order valence-corrected chi connectivity index (χ0v) is 11.8. The fourth-order valence-electron chi connectivity index (χ4n) is 2.36. The molecule has 82 valence electrons. The number of hydrogen-bond donors (Lipinski definition) is 0. The van der Waals surface area contributed by atoms with Gasteiger partial charge in [0.1, 0.15) is 0 Å². The number of rotatable bonds is 2. The van der Waals surface area contributed by atoms with Crippen molar-refractivity contribution in [3.63, 3.8) is 0 Å². The summed E-state index contributed by atoms with van der Waals surface area (Å²) in [5.74, 6) is 0. The Labute approximate surface area is 114 Å². The maximum atomic E-state index is 3.43. The Balaban J connectivity index is 0.00000128. The van der Waals surface area contributed by atoms with Gasteiger partial charge in [0.25, 0.3) is 0 Å². The van der Waals surface area contributed by atoms with Crippen molar-refractivity contribution in [2.24, 2.45) is 0 Å². The van der Waals surface area contributed by atoms with Crippen LogP contribution in [0.15, 0.2) is 28.6 Å². The van der Waals surface area contributed by atoms with E-state index in [1.807, 2.05) is 0 Å². The Bertz CT molecular complexity index is 316. The van der Waals surface area contributed by atoms with Gasteiger partial charge >= 0.3 is 18.9 Å². The van der Waals surface area contributed by atoms with E-state index in [0.29, 0.717) is 0 Å². The van der Waals surface area contributed by atoms with E-state index in [1.54, 1.807) is 0 Å². The zero-order valence-electron chi connectivity index (χ0n) is 10.8. The summed E-state index contributed by atoms with van der Waals surface area (Å²) < 4.78 is 0. The molecular weight excluding hydrogens is 206 g/mol. The molecule has 0 bridgehead atoms. The van der Waals surface area contributed by atoms with Gasteiger partial charge in [-0.2, -0.15) is 17.7 Å². The van der Waals surface area contributed by atoms with Gasteiger partial charge in [0.15, 0.2) is 0 Å². The molecule has 1 unspecified atom stereocenters. The fraction of sp³-hybridized carbons (Fsp3) is 0.571. The van der Waals surface area contributed by atoms with Crippen LogP contribution in [-0.2, 0) is 0 Å². The van der Waals surface area contributed by atoms with E-state index < -0.39 is 0 Å². The van der Waals surface area contributed by atoms with Crippen molar-refractivity contribution in [2.75, 3.05) is 0 Å². The van der Waals surface area contributed by atoms with Crippen LogP contribution in [-0.4, -0.2) is 5.66 Å². The van der Waals surface area contributed by atoms with E-state index in [9.17, 15) is 0 Å². The third-order valence-corrected chi connectivity index (χ3v) is 4.93. The monoisotopic (exact) mass is 226 g/mol. The van der Waals surface area contributed by atoms with E-state index in [-0.39, 0.29) is 18.9 Å². The third kappa shape index (κ3) is 3.63. The maximum Gasteiger partial charge on any atom is 1.00 e. The summed E-state index contributed by atoms with van der Waals surface area (Å²) in [6.07, 6.45) is 15.0. The van der Waals surface area contributed by atoms with Gasteiger partial charge in [-0.15, -0.1) is 19.5 Å². The molecule has 1 atom stereocenters. The van der Waals surface area contributed by atoms with E-state index in [4.69, 9.17) is 0 Å². The zero-order chi connectivity index (χ0) is 10.7. The van der Waals surface area contributed by atoms with Crippen LogP contribution in [0, 0.1) is 6.08 Å². The van der Waals surface area contributed by atoms with Gasteiger partial charge in [-0.25, -0.2) is 6.08 Å². The molecule has 0 heterocycles. The molecule has 0 saturated heterocycles. The van der Waals surface area contributed by atoms with Crippen molar-refractivity contribution in [3.05, 3.63) is 34.7 Å². The molecule has 16 heavy (non-hydrogen) atoms. The fourth-order valence-corrected chi connectivity index (χ4v) is 4.12. The van der Waals surface area contributed by atoms with E-state index in [2.05, 4.69) is 32.1 Å². The summed E-state index contributed by atoms with van der Waals surface area (Å²) in [5, 5.41) is 1.49. The van der Waals surface area contributed by atoms with Crippen LogP contribution in [0.1, 0.15) is 46.0 Å². The summed E-state index contributed by atoms with van der Waals surface area (Å²) in [6.45, 7) is 4.41. The molecule has 0 aromatic heterocycles. The summed E-state index contributed by atoms with van der Waals surface area (Å²) >= 11 is 0. The van der Waals surface area contributed by atoms with Gasteiger partial charge in [-0.3, -0.25) is 0 Å². The molecule has 0 aliphatic heterocycles. The van der Waals surface area contributed by atoms with Crippen molar-refractivity contribution in [1.29, 1.82) is 0 Å². The average Bonchev–Trinajstić information content (AvgIpc) is 2.67. The third-order valence-electron chi connectivity index (χ3n) is 3.24. The minimum Gasteiger partial charge on any atom is -0.207 e. The molecule has 1 fully saturated rings. The van der Waals surface area contributed by atoms with Gasteiger partial charge in [-0.1, -0.05) is 33.1 Å². The molecule has 0 spiro atoms. The Hall–Kier alpha value is 0.247. The van der Waals surface area contributed by atoms with E-state index in [1.165, 1.54) is 48.6 Å². The second-order valence-corrected chi connectivity index (χ2v) is 6.35. The predicted molar refractivity (Wildman–Crippen MR) is 69.5 cm³/mol. The Kier molecular flexibility index (Phi) is 6.13. The van der Waals surface area contributed by atoms with Crippen LogP contribution < -0.4 is 18.9 Å². The Morgan fingerprint density at radius 1 is 1.25 bits per heavy atom. The van der Waals surface area contributed by atoms with Gasteiger partial charge in [0, 0.05) is 0 Å². The number of allylic oxidation sites excluding steroid dienone is 6. The molecule has 2 aliphatic rings. The largest absolute Gasteiger partial charge is 1.00 e. The molecule has 0 N–H and O–H groups in total. The molecule has 0 nitrogen and oxygen atoms in total. The van der Waals surface area contributed by atoms with Crippen LogP contribution in [0.4, 0.5) is 0 Å². The van der Waals surface area contributed by atoms with Crippen LogP contribution in [0.2, 0.25) is 0 Å². The Morgan fingerprint density at radius 2 is 1.94 bits per heavy atom. The smallest absolute Gasteiger partial charge is 0.207 e. The minimum absolute atomic E-state index is 0. The van der Waals surface area contributed by atoms with Crippen molar-refractivity contribution < 1.29 is 18.9 Å². The van der Waals surface area contributed by atoms with Crippen LogP contribution in [0.3, 0.4) is 0 Å². The Morgan fingerprint density at radius 3 is 2.56 bits per heavy atom. The quantitative estimate of drug-likeness (QED) is 0.381. The second-order valence-electron chi connectivity index (χ2n) is 4.75. The first-order chi connectivity index (χ1) is 7.27. The molecule has 0 radical (unpaired) electrons. The maximum absolute atomic E-state index is 3.43. The van der Waals surface area contributed by atoms with E-state index >= 15 is 0 Å². The summed E-state index contributed by atoms with van der Waals surface area (Å²) in [5.41, 5.74) is 3.85. The van der Waals surface area contributed by atoms with Crippen molar-refractivity contribution in [1.82, 2.24) is 0 Å². The minimum atomic E-state index is 0. The summed E-state index contributed by atoms with van der Waals surface area (Å²) in [6, 6.07) is 0. The first kappa shape index (κ1) is 14.3. The number of hydrogen-bond acceptors (Lipinski definition) is 0. The van der Waals surface area contributed by atoms with Crippen LogP contribution in [0.5, 0.6) is 0 Å². The van der Waals surface area contributed by atoms with Crippen LogP contribution >= 0.6 is 8.58 Å². The van der Waals surface area contributed by atoms with Crippen molar-refractivity contribution in [2.45, 2.75) is 51.6 Å². The van der Waals surface area contributed by atoms with Gasteiger partial charge in [0.05, 0.1) is 0 Å². The summed E-state index contributed by atoms with van der Waals surface area (Å²) in [4.78, 5) is 0. The normalized spacial score (nSPS) is 21.4. The molecular formula is C14H20LiP. The molecule has 1 saturated carbocycles. The first-order valence-electron chi connectivity index (χ1n) is 6.02. The van der Waals surface area contributed by atoms with Gasteiger partial charge in [0.2, 0.25) is 0 Å². The van der Waals surface area contributed by atoms with Gasteiger partial charge in [-0.05, 0) is 18.5 Å². The molecule has 0 aromatic carbocycles. The standard InChI is InChI=1S/C14H20P.Li/c1-11(2)13-9-6-10-14(13)15-12-7-4-3-5-8-12;/h6,9,12,15H,3-5,7-8H2,1-2H3;/q-1;+1. The first-order valence-corrected chi connectivity index (χ1v) is 7.09. The summed E-state index contributed by atoms with van der Waals surface area (Å²) in [7, 11) is 0.993. The van der Waals surface area contributed by atoms with Crippen LogP contribution in [0.25, 0.3) is 0 Å². The second kappa shape index (κ2) is 6.86. The molecule has 0 aromatic rings. The van der Waals surface area contributed by atoms with Gasteiger partial charge < -0.3 is 0 Å². The van der Waals surface area contributed by atoms with Crippen molar-refractivity contribution in [3.8, 4) is 0 Å². The van der Waals surface area contributed by atoms with Crippen molar-refractivity contribution >= 4 is 8.58 Å². The molecule has 2 rings (SSSR count). The molecule has 0 amide bonds.